The second kappa shape index (κ2) is 19.9. The second-order valence-corrected chi connectivity index (χ2v) is 14.5. The van der Waals surface area contributed by atoms with Crippen LogP contribution in [0.15, 0.2) is 36.4 Å². The summed E-state index contributed by atoms with van der Waals surface area (Å²) in [5, 5.41) is 0. The molecule has 1 unspecified atom stereocenters. The summed E-state index contributed by atoms with van der Waals surface area (Å²) in [6.45, 7) is 13.9. The Kier molecular flexibility index (Phi) is 16.3. The number of benzene rings is 2. The number of morpholine rings is 1. The number of hydrogen-bond donors (Lipinski definition) is 1. The predicted molar refractivity (Wildman–Crippen MR) is 188 cm³/mol. The van der Waals surface area contributed by atoms with E-state index in [0.29, 0.717) is 18.7 Å². The smallest absolute Gasteiger partial charge is 0.261 e. The van der Waals surface area contributed by atoms with Crippen LogP contribution in [0.2, 0.25) is 0 Å². The fraction of sp³-hybridized carbons (Fsp3) is 0.622. The van der Waals surface area contributed by atoms with E-state index >= 15 is 0 Å². The molecule has 2 aromatic carbocycles. The summed E-state index contributed by atoms with van der Waals surface area (Å²) in [4.78, 5) is 28.1. The lowest BCUT2D eigenvalue weighted by atomic mass is 9.74. The molecule has 2 heterocycles. The zero-order chi connectivity index (χ0) is 35.1. The third-order valence-corrected chi connectivity index (χ3v) is 8.86. The molecule has 4 rings (SSSR count). The van der Waals surface area contributed by atoms with Crippen LogP contribution in [0, 0.1) is 19.8 Å². The van der Waals surface area contributed by atoms with E-state index in [1.54, 1.807) is 0 Å². The van der Waals surface area contributed by atoms with Gasteiger partial charge < -0.3 is 19.1 Å². The number of hydrogen-bond acceptors (Lipinski definition) is 8. The van der Waals surface area contributed by atoms with Gasteiger partial charge in [-0.15, -0.1) is 0 Å². The molecule has 2 amide bonds. The fourth-order valence-corrected chi connectivity index (χ4v) is 6.46. The number of unbranched alkanes of at least 4 members (excludes halogenated alkanes) is 3. The molecule has 10 nitrogen and oxygen atoms in total. The van der Waals surface area contributed by atoms with Crippen LogP contribution in [0.25, 0.3) is 0 Å². The van der Waals surface area contributed by atoms with Crippen molar-refractivity contribution in [3.63, 3.8) is 0 Å². The van der Waals surface area contributed by atoms with Gasteiger partial charge in [-0.1, -0.05) is 38.8 Å². The second-order valence-electron chi connectivity index (χ2n) is 13.0. The molecule has 1 atom stereocenters. The molecule has 2 aromatic rings. The van der Waals surface area contributed by atoms with Crippen LogP contribution in [0.5, 0.6) is 11.5 Å². The predicted octanol–water partition coefficient (Wildman–Crippen LogP) is 6.17. The maximum absolute atomic E-state index is 12.1. The first-order valence-corrected chi connectivity index (χ1v) is 19.3. The monoisotopic (exact) mass is 688 g/mol. The lowest BCUT2D eigenvalue weighted by Gasteiger charge is -2.38. The van der Waals surface area contributed by atoms with E-state index in [1.165, 1.54) is 33.6 Å². The summed E-state index contributed by atoms with van der Waals surface area (Å²) in [5.41, 5.74) is 5.31. The summed E-state index contributed by atoms with van der Waals surface area (Å²) in [5.74, 6) is 2.23. The largest absolute Gasteiger partial charge is 0.494 e. The number of amides is 2. The number of likely N-dealkylation sites (tertiary alicyclic amines) is 1. The van der Waals surface area contributed by atoms with E-state index in [1.807, 2.05) is 0 Å². The highest BCUT2D eigenvalue weighted by Crippen LogP contribution is 2.41. The van der Waals surface area contributed by atoms with Gasteiger partial charge in [-0.05, 0) is 118 Å². The summed E-state index contributed by atoms with van der Waals surface area (Å²) in [6.07, 6.45) is 9.21. The van der Waals surface area contributed by atoms with Crippen molar-refractivity contribution in [3.8, 4) is 11.5 Å². The van der Waals surface area contributed by atoms with Crippen molar-refractivity contribution in [1.82, 2.24) is 9.80 Å². The molecule has 0 spiro atoms. The van der Waals surface area contributed by atoms with Crippen LogP contribution < -0.4 is 9.47 Å². The van der Waals surface area contributed by atoms with Crippen molar-refractivity contribution in [2.24, 2.45) is 5.92 Å². The van der Waals surface area contributed by atoms with Gasteiger partial charge >= 0.3 is 0 Å². The molecular formula is C37H56N2O8S. The number of carbonyl (C=O) groups is 2. The van der Waals surface area contributed by atoms with Crippen LogP contribution in [-0.2, 0) is 24.4 Å². The quantitative estimate of drug-likeness (QED) is 0.125. The minimum atomic E-state index is -3.67. The Labute approximate surface area is 287 Å². The molecule has 0 aliphatic carbocycles. The first kappa shape index (κ1) is 39.4. The third-order valence-electron chi connectivity index (χ3n) is 8.86. The van der Waals surface area contributed by atoms with E-state index in [2.05, 4.69) is 69.0 Å². The van der Waals surface area contributed by atoms with Crippen LogP contribution in [0.1, 0.15) is 93.4 Å². The molecule has 268 valence electrons. The van der Waals surface area contributed by atoms with Crippen LogP contribution >= 0.6 is 0 Å². The Balaban J connectivity index is 0.00000116. The summed E-state index contributed by atoms with van der Waals surface area (Å²) in [7, 11) is -3.67. The minimum absolute atomic E-state index is 0.0114. The maximum atomic E-state index is 12.1. The topological polar surface area (TPSA) is 123 Å². The molecule has 0 radical (unpaired) electrons. The molecule has 1 N–H and O–H groups in total. The Bertz CT molecular complexity index is 1350. The number of aryl methyl sites for hydroxylation is 2. The van der Waals surface area contributed by atoms with Gasteiger partial charge in [-0.25, -0.2) is 0 Å². The minimum Gasteiger partial charge on any atom is -0.494 e. The molecule has 2 fully saturated rings. The first-order chi connectivity index (χ1) is 22.9. The zero-order valence-electron chi connectivity index (χ0n) is 29.5. The zero-order valence-corrected chi connectivity index (χ0v) is 30.4. The van der Waals surface area contributed by atoms with Crippen molar-refractivity contribution in [3.05, 3.63) is 58.7 Å². The number of imide groups is 1. The maximum Gasteiger partial charge on any atom is 0.261 e. The molecule has 0 aromatic heterocycles. The molecule has 2 aliphatic rings. The van der Waals surface area contributed by atoms with Gasteiger partial charge in [0.05, 0.1) is 19.5 Å². The standard InChI is InChI=1S/C36H52N2O5.CH4O3S/c1-5-7-20-42-30-13-15-32(27(3)22-30)36(33-16-14-31(23-28(33)4)43-21-8-6-2)29-12-11-18-37(24-29)17-9-10-19-38-34(39)25-41-26-35(38)40;1-5(2,3)4/h13-16,22-23,29,36H,5-12,17-21,24-26H2,1-4H3;1H3,(H,2,3,4). The van der Waals surface area contributed by atoms with Crippen molar-refractivity contribution >= 4 is 21.9 Å². The Hall–Kier alpha value is -2.99. The Morgan fingerprint density at radius 1 is 0.854 bits per heavy atom. The number of rotatable bonds is 16. The molecule has 0 bridgehead atoms. The van der Waals surface area contributed by atoms with Crippen LogP contribution in [0.3, 0.4) is 0 Å². The summed E-state index contributed by atoms with van der Waals surface area (Å²) < 4.78 is 43.0. The number of nitrogens with zero attached hydrogens (tertiary/aromatic N) is 2. The van der Waals surface area contributed by atoms with E-state index in [4.69, 9.17) is 18.8 Å². The number of ether oxygens (including phenoxy) is 3. The number of piperidine rings is 1. The van der Waals surface area contributed by atoms with Gasteiger partial charge in [0.25, 0.3) is 21.9 Å². The first-order valence-electron chi connectivity index (χ1n) is 17.4. The van der Waals surface area contributed by atoms with E-state index in [9.17, 15) is 18.0 Å². The molecule has 11 heteroatoms. The van der Waals surface area contributed by atoms with Gasteiger partial charge in [-0.2, -0.15) is 8.42 Å². The summed E-state index contributed by atoms with van der Waals surface area (Å²) >= 11 is 0. The Morgan fingerprint density at radius 3 is 1.83 bits per heavy atom. The molecule has 48 heavy (non-hydrogen) atoms. The van der Waals surface area contributed by atoms with Crippen molar-refractivity contribution in [1.29, 1.82) is 0 Å². The lowest BCUT2D eigenvalue weighted by molar-refractivity contribution is -0.158. The van der Waals surface area contributed by atoms with Crippen molar-refractivity contribution < 1.29 is 36.8 Å². The van der Waals surface area contributed by atoms with E-state index < -0.39 is 10.1 Å². The SMILES string of the molecule is CCCCOc1ccc(C(c2ccc(OCCCC)cc2C)C2CCCN(CCCCN3C(=O)COCC3=O)C2)c(C)c1.CS(=O)(=O)O. The number of carbonyl (C=O) groups excluding carboxylic acids is 2. The average Bonchev–Trinajstić information content (AvgIpc) is 3.02. The van der Waals surface area contributed by atoms with Gasteiger partial charge in [0, 0.05) is 19.0 Å². The van der Waals surface area contributed by atoms with Gasteiger partial charge in [-0.3, -0.25) is 19.0 Å². The van der Waals surface area contributed by atoms with Crippen LogP contribution in [0.4, 0.5) is 0 Å². The van der Waals surface area contributed by atoms with Gasteiger partial charge in [0.1, 0.15) is 24.7 Å². The normalized spacial score (nSPS) is 17.3. The highest BCUT2D eigenvalue weighted by Gasteiger charge is 2.32. The van der Waals surface area contributed by atoms with E-state index in [0.717, 1.165) is 89.3 Å². The Morgan fingerprint density at radius 2 is 1.35 bits per heavy atom. The fourth-order valence-electron chi connectivity index (χ4n) is 6.46. The lowest BCUT2D eigenvalue weighted by Crippen LogP contribution is -2.46. The average molecular weight is 689 g/mol. The summed E-state index contributed by atoms with van der Waals surface area (Å²) in [6, 6.07) is 13.3. The van der Waals surface area contributed by atoms with Crippen molar-refractivity contribution in [2.45, 2.75) is 85.0 Å². The third kappa shape index (κ3) is 13.1. The van der Waals surface area contributed by atoms with Gasteiger partial charge in [0.15, 0.2) is 0 Å². The molecule has 2 saturated heterocycles. The molecule has 0 saturated carbocycles. The van der Waals surface area contributed by atoms with Crippen LogP contribution in [-0.4, -0.2) is 93.4 Å². The molecule has 2 aliphatic heterocycles. The van der Waals surface area contributed by atoms with Crippen molar-refractivity contribution in [2.75, 3.05) is 58.9 Å². The highest BCUT2D eigenvalue weighted by molar-refractivity contribution is 7.85. The highest BCUT2D eigenvalue weighted by atomic mass is 32.2. The van der Waals surface area contributed by atoms with E-state index in [-0.39, 0.29) is 30.9 Å². The van der Waals surface area contributed by atoms with Gasteiger partial charge in [0.2, 0.25) is 0 Å². The molecular weight excluding hydrogens is 632 g/mol.